The Morgan fingerprint density at radius 1 is 1.00 bits per heavy atom. The molecule has 0 aromatic rings. The molecule has 0 heteroatoms. The van der Waals surface area contributed by atoms with Crippen LogP contribution in [0.5, 0.6) is 0 Å². The molecule has 2 unspecified atom stereocenters. The van der Waals surface area contributed by atoms with E-state index < -0.39 is 0 Å². The summed E-state index contributed by atoms with van der Waals surface area (Å²) < 4.78 is 0. The molecule has 2 atom stereocenters. The monoisotopic (exact) mass is 208 g/mol. The van der Waals surface area contributed by atoms with Crippen LogP contribution >= 0.6 is 0 Å². The molecule has 0 amide bonds. The molecule has 88 valence electrons. The maximum absolute atomic E-state index is 2.45. The Kier molecular flexibility index (Phi) is 4.11. The predicted molar refractivity (Wildman–Crippen MR) is 66.9 cm³/mol. The van der Waals surface area contributed by atoms with Crippen molar-refractivity contribution in [3.63, 3.8) is 0 Å². The third-order valence-corrected chi connectivity index (χ3v) is 4.69. The molecule has 0 heterocycles. The van der Waals surface area contributed by atoms with Crippen LogP contribution in [-0.4, -0.2) is 0 Å². The van der Waals surface area contributed by atoms with Gasteiger partial charge in [-0.05, 0) is 42.9 Å². The second kappa shape index (κ2) is 5.37. The first-order valence-electron chi connectivity index (χ1n) is 7.28. The van der Waals surface area contributed by atoms with Crippen molar-refractivity contribution in [3.05, 3.63) is 0 Å². The first-order valence-corrected chi connectivity index (χ1v) is 7.28. The van der Waals surface area contributed by atoms with E-state index in [2.05, 4.69) is 13.8 Å². The Morgan fingerprint density at radius 2 is 1.60 bits per heavy atom. The zero-order valence-electron chi connectivity index (χ0n) is 10.7. The molecule has 0 aromatic carbocycles. The van der Waals surface area contributed by atoms with Crippen LogP contribution in [-0.2, 0) is 0 Å². The van der Waals surface area contributed by atoms with E-state index in [1.807, 2.05) is 0 Å². The van der Waals surface area contributed by atoms with Crippen LogP contribution in [0.15, 0.2) is 0 Å². The second-order valence-electron chi connectivity index (χ2n) is 6.33. The van der Waals surface area contributed by atoms with E-state index in [1.165, 1.54) is 19.3 Å². The molecule has 0 nitrogen and oxygen atoms in total. The van der Waals surface area contributed by atoms with E-state index >= 15 is 0 Å². The van der Waals surface area contributed by atoms with Crippen LogP contribution in [0.1, 0.15) is 71.6 Å². The molecule has 15 heavy (non-hydrogen) atoms. The lowest BCUT2D eigenvalue weighted by molar-refractivity contribution is 0.214. The average molecular weight is 208 g/mol. The maximum Gasteiger partial charge on any atom is -0.0406 e. The summed E-state index contributed by atoms with van der Waals surface area (Å²) in [5.74, 6) is 4.31. The second-order valence-corrected chi connectivity index (χ2v) is 6.33. The fraction of sp³-hybridized carbons (Fsp3) is 1.00. The number of hydrogen-bond donors (Lipinski definition) is 0. The highest BCUT2D eigenvalue weighted by Crippen LogP contribution is 2.42. The third kappa shape index (κ3) is 3.81. The molecular weight excluding hydrogens is 180 g/mol. The fourth-order valence-corrected chi connectivity index (χ4v) is 3.05. The van der Waals surface area contributed by atoms with E-state index in [4.69, 9.17) is 0 Å². The molecule has 2 aliphatic carbocycles. The van der Waals surface area contributed by atoms with Gasteiger partial charge in [0.2, 0.25) is 0 Å². The standard InChI is InChI=1S/C15H28/c1-3-12(2)9-15(11-14-7-8-14)10-13-5-4-6-13/h12-15H,3-11H2,1-2H3. The SMILES string of the molecule is CCC(C)CC(CC1CCC1)CC1CC1. The van der Waals surface area contributed by atoms with Gasteiger partial charge >= 0.3 is 0 Å². The van der Waals surface area contributed by atoms with Crippen molar-refractivity contribution < 1.29 is 0 Å². The van der Waals surface area contributed by atoms with Crippen LogP contribution in [0, 0.1) is 23.7 Å². The highest BCUT2D eigenvalue weighted by molar-refractivity contribution is 4.81. The Hall–Kier alpha value is 0. The van der Waals surface area contributed by atoms with Gasteiger partial charge in [0.05, 0.1) is 0 Å². The van der Waals surface area contributed by atoms with Crippen molar-refractivity contribution >= 4 is 0 Å². The van der Waals surface area contributed by atoms with Crippen molar-refractivity contribution in [2.45, 2.75) is 71.6 Å². The minimum Gasteiger partial charge on any atom is -0.0651 e. The third-order valence-electron chi connectivity index (χ3n) is 4.69. The van der Waals surface area contributed by atoms with Gasteiger partial charge in [-0.25, -0.2) is 0 Å². The zero-order valence-corrected chi connectivity index (χ0v) is 10.7. The Balaban J connectivity index is 1.72. The highest BCUT2D eigenvalue weighted by atomic mass is 14.3. The Labute approximate surface area is 95.8 Å². The van der Waals surface area contributed by atoms with E-state index in [1.54, 1.807) is 38.5 Å². The van der Waals surface area contributed by atoms with Crippen molar-refractivity contribution in [1.82, 2.24) is 0 Å². The molecule has 2 rings (SSSR count). The molecule has 0 radical (unpaired) electrons. The van der Waals surface area contributed by atoms with Crippen molar-refractivity contribution in [2.75, 3.05) is 0 Å². The predicted octanol–water partition coefficient (Wildman–Crippen LogP) is 5.03. The Morgan fingerprint density at radius 3 is 2.00 bits per heavy atom. The van der Waals surface area contributed by atoms with Gasteiger partial charge in [-0.2, -0.15) is 0 Å². The van der Waals surface area contributed by atoms with Gasteiger partial charge in [0.1, 0.15) is 0 Å². The first kappa shape index (κ1) is 11.5. The minimum atomic E-state index is 0.967. The normalized spacial score (nSPS) is 26.0. The molecule has 0 saturated heterocycles. The lowest BCUT2D eigenvalue weighted by Crippen LogP contribution is -2.18. The van der Waals surface area contributed by atoms with Gasteiger partial charge in [-0.3, -0.25) is 0 Å². The molecule has 0 N–H and O–H groups in total. The van der Waals surface area contributed by atoms with Gasteiger partial charge in [0.15, 0.2) is 0 Å². The van der Waals surface area contributed by atoms with Crippen LogP contribution < -0.4 is 0 Å². The summed E-state index contributed by atoms with van der Waals surface area (Å²) in [7, 11) is 0. The fourth-order valence-electron chi connectivity index (χ4n) is 3.05. The van der Waals surface area contributed by atoms with Gasteiger partial charge in [0, 0.05) is 0 Å². The largest absolute Gasteiger partial charge is 0.0651 e. The van der Waals surface area contributed by atoms with Crippen molar-refractivity contribution in [2.24, 2.45) is 23.7 Å². The van der Waals surface area contributed by atoms with E-state index in [0.717, 1.165) is 23.7 Å². The van der Waals surface area contributed by atoms with Crippen molar-refractivity contribution in [1.29, 1.82) is 0 Å². The molecular formula is C15H28. The Bertz CT molecular complexity index is 170. The average Bonchev–Trinajstić information content (AvgIpc) is 2.94. The van der Waals surface area contributed by atoms with Gasteiger partial charge < -0.3 is 0 Å². The summed E-state index contributed by atoms with van der Waals surface area (Å²) in [4.78, 5) is 0. The minimum absolute atomic E-state index is 0.967. The van der Waals surface area contributed by atoms with Crippen LogP contribution in [0.2, 0.25) is 0 Å². The molecule has 0 aromatic heterocycles. The lowest BCUT2D eigenvalue weighted by Gasteiger charge is -2.31. The summed E-state index contributed by atoms with van der Waals surface area (Å²) in [6.45, 7) is 4.79. The van der Waals surface area contributed by atoms with Crippen molar-refractivity contribution in [3.8, 4) is 0 Å². The number of rotatable bonds is 7. The van der Waals surface area contributed by atoms with Crippen LogP contribution in [0.3, 0.4) is 0 Å². The summed E-state index contributed by atoms with van der Waals surface area (Å²) in [5.41, 5.74) is 0. The van der Waals surface area contributed by atoms with E-state index in [9.17, 15) is 0 Å². The maximum atomic E-state index is 2.45. The molecule has 2 fully saturated rings. The molecule has 0 bridgehead atoms. The summed E-state index contributed by atoms with van der Waals surface area (Å²) >= 11 is 0. The topological polar surface area (TPSA) is 0 Å². The van der Waals surface area contributed by atoms with E-state index in [0.29, 0.717) is 0 Å². The van der Waals surface area contributed by atoms with Gasteiger partial charge in [0.25, 0.3) is 0 Å². The smallest absolute Gasteiger partial charge is 0.0406 e. The zero-order chi connectivity index (χ0) is 10.7. The highest BCUT2D eigenvalue weighted by Gasteiger charge is 2.29. The number of hydrogen-bond acceptors (Lipinski definition) is 0. The van der Waals surface area contributed by atoms with Crippen LogP contribution in [0.4, 0.5) is 0 Å². The van der Waals surface area contributed by atoms with E-state index in [-0.39, 0.29) is 0 Å². The molecule has 2 saturated carbocycles. The lowest BCUT2D eigenvalue weighted by atomic mass is 9.75. The summed E-state index contributed by atoms with van der Waals surface area (Å²) in [6.07, 6.45) is 13.7. The van der Waals surface area contributed by atoms with Gasteiger partial charge in [-0.1, -0.05) is 52.4 Å². The molecule has 2 aliphatic rings. The first-order chi connectivity index (χ1) is 7.28. The summed E-state index contributed by atoms with van der Waals surface area (Å²) in [5, 5.41) is 0. The van der Waals surface area contributed by atoms with Crippen LogP contribution in [0.25, 0.3) is 0 Å². The molecule has 0 aliphatic heterocycles. The quantitative estimate of drug-likeness (QED) is 0.550. The molecule has 0 spiro atoms. The summed E-state index contributed by atoms with van der Waals surface area (Å²) in [6, 6.07) is 0. The van der Waals surface area contributed by atoms with Gasteiger partial charge in [-0.15, -0.1) is 0 Å².